The lowest BCUT2D eigenvalue weighted by molar-refractivity contribution is 0.102. The first-order valence-corrected chi connectivity index (χ1v) is 6.39. The number of rotatable bonds is 8. The van der Waals surface area contributed by atoms with Crippen molar-refractivity contribution in [1.82, 2.24) is 0 Å². The van der Waals surface area contributed by atoms with E-state index < -0.39 is 0 Å². The van der Waals surface area contributed by atoms with E-state index in [-0.39, 0.29) is 6.10 Å². The van der Waals surface area contributed by atoms with Crippen LogP contribution in [0.25, 0.3) is 0 Å². The molecule has 1 nitrogen and oxygen atoms in total. The van der Waals surface area contributed by atoms with Gasteiger partial charge in [0, 0.05) is 0 Å². The SMILES string of the molecule is CCCCCCCCC1(C(C)O)CC1. The van der Waals surface area contributed by atoms with Gasteiger partial charge in [0.05, 0.1) is 6.10 Å². The highest BCUT2D eigenvalue weighted by Gasteiger charge is 2.45. The van der Waals surface area contributed by atoms with Crippen molar-refractivity contribution in [2.24, 2.45) is 5.41 Å². The fourth-order valence-electron chi connectivity index (χ4n) is 2.29. The zero-order valence-corrected chi connectivity index (χ0v) is 9.89. The van der Waals surface area contributed by atoms with E-state index in [9.17, 15) is 5.11 Å². The quantitative estimate of drug-likeness (QED) is 0.586. The predicted molar refractivity (Wildman–Crippen MR) is 61.3 cm³/mol. The summed E-state index contributed by atoms with van der Waals surface area (Å²) < 4.78 is 0. The maximum Gasteiger partial charge on any atom is 0.0568 e. The van der Waals surface area contributed by atoms with Crippen molar-refractivity contribution < 1.29 is 5.11 Å². The van der Waals surface area contributed by atoms with E-state index in [0.717, 1.165) is 0 Å². The molecular formula is C13H26O. The highest BCUT2D eigenvalue weighted by atomic mass is 16.3. The fraction of sp³-hybridized carbons (Fsp3) is 1.00. The van der Waals surface area contributed by atoms with Gasteiger partial charge in [-0.05, 0) is 31.6 Å². The lowest BCUT2D eigenvalue weighted by Crippen LogP contribution is -2.17. The standard InChI is InChI=1S/C13H26O/c1-3-4-5-6-7-8-9-13(10-11-13)12(2)14/h12,14H,3-11H2,1-2H3. The van der Waals surface area contributed by atoms with E-state index in [1.165, 1.54) is 57.8 Å². The minimum Gasteiger partial charge on any atom is -0.393 e. The summed E-state index contributed by atoms with van der Waals surface area (Å²) in [4.78, 5) is 0. The molecule has 14 heavy (non-hydrogen) atoms. The minimum atomic E-state index is -0.0712. The van der Waals surface area contributed by atoms with Crippen molar-refractivity contribution in [2.45, 2.75) is 77.7 Å². The van der Waals surface area contributed by atoms with Crippen LogP contribution in [-0.2, 0) is 0 Å². The number of aliphatic hydroxyl groups is 1. The molecule has 1 heteroatoms. The van der Waals surface area contributed by atoms with Gasteiger partial charge in [-0.1, -0.05) is 45.4 Å². The molecule has 0 bridgehead atoms. The second kappa shape index (κ2) is 5.75. The molecule has 0 aliphatic heterocycles. The van der Waals surface area contributed by atoms with Crippen LogP contribution in [0.3, 0.4) is 0 Å². The predicted octanol–water partition coefficient (Wildman–Crippen LogP) is 3.90. The first kappa shape index (κ1) is 12.0. The molecule has 1 rings (SSSR count). The Labute approximate surface area is 88.9 Å². The molecule has 0 radical (unpaired) electrons. The maximum absolute atomic E-state index is 9.58. The third kappa shape index (κ3) is 3.61. The van der Waals surface area contributed by atoms with Crippen LogP contribution < -0.4 is 0 Å². The molecular weight excluding hydrogens is 172 g/mol. The number of unbranched alkanes of at least 4 members (excludes halogenated alkanes) is 5. The molecule has 1 N–H and O–H groups in total. The molecule has 0 spiro atoms. The van der Waals surface area contributed by atoms with Crippen LogP contribution in [-0.4, -0.2) is 11.2 Å². The van der Waals surface area contributed by atoms with Gasteiger partial charge in [-0.25, -0.2) is 0 Å². The highest BCUT2D eigenvalue weighted by molar-refractivity contribution is 4.96. The molecule has 1 atom stereocenters. The Kier molecular flexibility index (Phi) is 4.94. The van der Waals surface area contributed by atoms with Crippen molar-refractivity contribution in [3.8, 4) is 0 Å². The van der Waals surface area contributed by atoms with Gasteiger partial charge in [-0.3, -0.25) is 0 Å². The molecule has 0 saturated heterocycles. The molecule has 1 aliphatic rings. The number of hydrogen-bond donors (Lipinski definition) is 1. The molecule has 1 fully saturated rings. The van der Waals surface area contributed by atoms with Crippen molar-refractivity contribution in [2.75, 3.05) is 0 Å². The Hall–Kier alpha value is -0.0400. The smallest absolute Gasteiger partial charge is 0.0568 e. The number of hydrogen-bond acceptors (Lipinski definition) is 1. The lowest BCUT2D eigenvalue weighted by atomic mass is 9.93. The molecule has 0 heterocycles. The van der Waals surface area contributed by atoms with Crippen LogP contribution in [0.5, 0.6) is 0 Å². The van der Waals surface area contributed by atoms with E-state index in [0.29, 0.717) is 5.41 Å². The van der Waals surface area contributed by atoms with Gasteiger partial charge in [-0.2, -0.15) is 0 Å². The van der Waals surface area contributed by atoms with Crippen LogP contribution in [0.1, 0.15) is 71.6 Å². The Bertz CT molecular complexity index is 147. The third-order valence-electron chi connectivity index (χ3n) is 3.81. The van der Waals surface area contributed by atoms with E-state index in [1.54, 1.807) is 0 Å². The van der Waals surface area contributed by atoms with E-state index in [4.69, 9.17) is 0 Å². The van der Waals surface area contributed by atoms with Crippen molar-refractivity contribution in [1.29, 1.82) is 0 Å². The molecule has 1 saturated carbocycles. The molecule has 0 aromatic heterocycles. The summed E-state index contributed by atoms with van der Waals surface area (Å²) in [6.07, 6.45) is 11.9. The molecule has 1 aliphatic carbocycles. The van der Waals surface area contributed by atoms with Gasteiger partial charge in [-0.15, -0.1) is 0 Å². The van der Waals surface area contributed by atoms with E-state index in [1.807, 2.05) is 6.92 Å². The van der Waals surface area contributed by atoms with Gasteiger partial charge in [0.2, 0.25) is 0 Å². The maximum atomic E-state index is 9.58. The fourth-order valence-corrected chi connectivity index (χ4v) is 2.29. The van der Waals surface area contributed by atoms with Crippen molar-refractivity contribution in [3.63, 3.8) is 0 Å². The second-order valence-corrected chi connectivity index (χ2v) is 5.06. The van der Waals surface area contributed by atoms with Crippen LogP contribution in [0.2, 0.25) is 0 Å². The molecule has 0 aromatic rings. The normalized spacial score (nSPS) is 20.8. The molecule has 0 aromatic carbocycles. The summed E-state index contributed by atoms with van der Waals surface area (Å²) in [7, 11) is 0. The molecule has 84 valence electrons. The van der Waals surface area contributed by atoms with Crippen LogP contribution in [0, 0.1) is 5.41 Å². The molecule has 1 unspecified atom stereocenters. The Morgan fingerprint density at radius 2 is 1.64 bits per heavy atom. The zero-order chi connectivity index (χ0) is 10.4. The van der Waals surface area contributed by atoms with Gasteiger partial charge in [0.15, 0.2) is 0 Å². The van der Waals surface area contributed by atoms with Crippen LogP contribution in [0.4, 0.5) is 0 Å². The van der Waals surface area contributed by atoms with Crippen LogP contribution in [0.15, 0.2) is 0 Å². The average molecular weight is 198 g/mol. The van der Waals surface area contributed by atoms with Gasteiger partial charge >= 0.3 is 0 Å². The Morgan fingerprint density at radius 1 is 1.07 bits per heavy atom. The van der Waals surface area contributed by atoms with Gasteiger partial charge < -0.3 is 5.11 Å². The summed E-state index contributed by atoms with van der Waals surface area (Å²) in [6, 6.07) is 0. The van der Waals surface area contributed by atoms with Crippen molar-refractivity contribution in [3.05, 3.63) is 0 Å². The first-order valence-electron chi connectivity index (χ1n) is 6.39. The zero-order valence-electron chi connectivity index (χ0n) is 9.89. The summed E-state index contributed by atoms with van der Waals surface area (Å²) >= 11 is 0. The second-order valence-electron chi connectivity index (χ2n) is 5.06. The van der Waals surface area contributed by atoms with Gasteiger partial charge in [0.25, 0.3) is 0 Å². The summed E-state index contributed by atoms with van der Waals surface area (Å²) in [6.45, 7) is 4.22. The Balaban J connectivity index is 1.94. The summed E-state index contributed by atoms with van der Waals surface area (Å²) in [5.74, 6) is 0. The van der Waals surface area contributed by atoms with Crippen molar-refractivity contribution >= 4 is 0 Å². The largest absolute Gasteiger partial charge is 0.393 e. The van der Waals surface area contributed by atoms with Crippen LogP contribution >= 0.6 is 0 Å². The highest BCUT2D eigenvalue weighted by Crippen LogP contribution is 2.52. The first-order chi connectivity index (χ1) is 6.71. The summed E-state index contributed by atoms with van der Waals surface area (Å²) in [5.41, 5.74) is 0.352. The van der Waals surface area contributed by atoms with Gasteiger partial charge in [0.1, 0.15) is 0 Å². The lowest BCUT2D eigenvalue weighted by Gasteiger charge is -2.17. The topological polar surface area (TPSA) is 20.2 Å². The average Bonchev–Trinajstić information content (AvgIpc) is 2.92. The number of aliphatic hydroxyl groups excluding tert-OH is 1. The molecule has 0 amide bonds. The summed E-state index contributed by atoms with van der Waals surface area (Å²) in [5, 5.41) is 9.58. The van der Waals surface area contributed by atoms with E-state index >= 15 is 0 Å². The Morgan fingerprint density at radius 3 is 2.14 bits per heavy atom. The third-order valence-corrected chi connectivity index (χ3v) is 3.81. The minimum absolute atomic E-state index is 0.0712. The van der Waals surface area contributed by atoms with E-state index in [2.05, 4.69) is 6.92 Å². The monoisotopic (exact) mass is 198 g/mol.